The first-order valence-corrected chi connectivity index (χ1v) is 16.5. The highest BCUT2D eigenvalue weighted by molar-refractivity contribution is 5.83. The number of anilines is 1. The maximum Gasteiger partial charge on any atom is 0.240 e. The number of benzene rings is 2. The van der Waals surface area contributed by atoms with Gasteiger partial charge in [0.1, 0.15) is 11.8 Å². The Kier molecular flexibility index (Phi) is 11.2. The molecule has 0 radical (unpaired) electrons. The molecule has 1 amide bonds. The van der Waals surface area contributed by atoms with Crippen molar-refractivity contribution in [1.82, 2.24) is 15.7 Å². The smallest absolute Gasteiger partial charge is 0.240 e. The van der Waals surface area contributed by atoms with E-state index in [4.69, 9.17) is 15.3 Å². The topological polar surface area (TPSA) is 112 Å². The second-order valence-electron chi connectivity index (χ2n) is 14.2. The lowest BCUT2D eigenvalue weighted by Crippen LogP contribution is -2.56. The van der Waals surface area contributed by atoms with E-state index < -0.39 is 24.2 Å². The van der Waals surface area contributed by atoms with Gasteiger partial charge in [0.2, 0.25) is 5.91 Å². The van der Waals surface area contributed by atoms with E-state index in [-0.39, 0.29) is 23.9 Å². The number of nitrogens with two attached hydrogens (primary N) is 1. The molecule has 1 saturated heterocycles. The van der Waals surface area contributed by atoms with E-state index in [9.17, 15) is 9.90 Å². The summed E-state index contributed by atoms with van der Waals surface area (Å²) in [6, 6.07) is 11.9. The van der Waals surface area contributed by atoms with Gasteiger partial charge in [-0.3, -0.25) is 9.63 Å². The second kappa shape index (κ2) is 14.4. The van der Waals surface area contributed by atoms with Gasteiger partial charge in [0.15, 0.2) is 0 Å². The van der Waals surface area contributed by atoms with Gasteiger partial charge in [-0.25, -0.2) is 0 Å². The number of nitrogens with zero attached hydrogens (tertiary/aromatic N) is 2. The van der Waals surface area contributed by atoms with Crippen LogP contribution in [0.2, 0.25) is 0 Å². The Labute approximate surface area is 270 Å². The Morgan fingerprint density at radius 2 is 1.93 bits per heavy atom. The number of ether oxygens (including phenoxy) is 1. The molecule has 0 bridgehead atoms. The van der Waals surface area contributed by atoms with Crippen molar-refractivity contribution >= 4 is 11.6 Å². The molecule has 1 heterocycles. The molecule has 0 unspecified atom stereocenters. The van der Waals surface area contributed by atoms with Crippen molar-refractivity contribution in [1.29, 1.82) is 0 Å². The number of carbonyl (C=O) groups is 1. The molecule has 250 valence electrons. The fraction of sp³-hybridized carbons (Fsp3) is 0.639. The maximum absolute atomic E-state index is 14.2. The quantitative estimate of drug-likeness (QED) is 0.291. The van der Waals surface area contributed by atoms with Gasteiger partial charge in [-0.15, -0.1) is 0 Å². The number of rotatable bonds is 11. The molecule has 2 aromatic rings. The Balaban J connectivity index is 1.68. The summed E-state index contributed by atoms with van der Waals surface area (Å²) in [6.45, 7) is 14.4. The Bertz CT molecular complexity index is 1310. The minimum absolute atomic E-state index is 0.0394. The van der Waals surface area contributed by atoms with Gasteiger partial charge in [0.05, 0.1) is 25.9 Å². The number of para-hydroxylation sites is 1. The molecule has 5 N–H and O–H groups in total. The average Bonchev–Trinajstić information content (AvgIpc) is 3.37. The highest BCUT2D eigenvalue weighted by Gasteiger charge is 2.51. The van der Waals surface area contributed by atoms with E-state index in [0.29, 0.717) is 24.3 Å². The van der Waals surface area contributed by atoms with Gasteiger partial charge in [-0.05, 0) is 72.9 Å². The summed E-state index contributed by atoms with van der Waals surface area (Å²) in [5.74, 6) is 1.34. The molecule has 1 aliphatic carbocycles. The Morgan fingerprint density at radius 3 is 2.53 bits per heavy atom. The van der Waals surface area contributed by atoms with E-state index in [1.165, 1.54) is 5.56 Å². The molecule has 1 saturated carbocycles. The lowest BCUT2D eigenvalue weighted by Gasteiger charge is -2.50. The molecule has 0 aromatic heterocycles. The van der Waals surface area contributed by atoms with Crippen LogP contribution in [0.1, 0.15) is 59.1 Å². The summed E-state index contributed by atoms with van der Waals surface area (Å²) in [6.07, 6.45) is -0.363. The van der Waals surface area contributed by atoms with Crippen LogP contribution in [0.3, 0.4) is 0 Å². The third-order valence-corrected chi connectivity index (χ3v) is 11.0. The lowest BCUT2D eigenvalue weighted by molar-refractivity contribution is -0.174. The SMILES string of the molecule is CNCc1cc(-c2cccc(CN3O[C@@H](CN)[C@@H]([C@H](C)O)[C@H]3C(=O)N[C@H]3C[C@@H](C)C(C)(C)[C@@H](C)[C@@H]3C)c2OC)cc(N(C)C)c1. The minimum Gasteiger partial charge on any atom is -0.496 e. The van der Waals surface area contributed by atoms with Crippen LogP contribution in [-0.4, -0.2) is 75.2 Å². The Hall–Kier alpha value is -2.69. The predicted octanol–water partition coefficient (Wildman–Crippen LogP) is 4.41. The normalized spacial score (nSPS) is 28.9. The molecule has 4 rings (SSSR count). The average molecular weight is 624 g/mol. The van der Waals surface area contributed by atoms with Crippen molar-refractivity contribution < 1.29 is 19.5 Å². The molecule has 2 fully saturated rings. The fourth-order valence-electron chi connectivity index (χ4n) is 7.49. The van der Waals surface area contributed by atoms with Crippen LogP contribution in [0.4, 0.5) is 5.69 Å². The molecule has 1 aliphatic heterocycles. The molecule has 0 spiro atoms. The van der Waals surface area contributed by atoms with Crippen LogP contribution in [-0.2, 0) is 22.7 Å². The highest BCUT2D eigenvalue weighted by atomic mass is 16.7. The van der Waals surface area contributed by atoms with Crippen molar-refractivity contribution in [3.8, 4) is 16.9 Å². The summed E-state index contributed by atoms with van der Waals surface area (Å²) < 4.78 is 6.06. The Morgan fingerprint density at radius 1 is 1.22 bits per heavy atom. The van der Waals surface area contributed by atoms with Gasteiger partial charge in [0, 0.05) is 56.0 Å². The zero-order valence-electron chi connectivity index (χ0n) is 29.1. The van der Waals surface area contributed by atoms with Crippen LogP contribution < -0.4 is 26.0 Å². The van der Waals surface area contributed by atoms with E-state index in [1.54, 1.807) is 19.1 Å². The second-order valence-corrected chi connectivity index (χ2v) is 14.2. The first-order valence-electron chi connectivity index (χ1n) is 16.5. The highest BCUT2D eigenvalue weighted by Crippen LogP contribution is 2.47. The van der Waals surface area contributed by atoms with Gasteiger partial charge >= 0.3 is 0 Å². The summed E-state index contributed by atoms with van der Waals surface area (Å²) in [4.78, 5) is 22.7. The van der Waals surface area contributed by atoms with Gasteiger partial charge < -0.3 is 31.1 Å². The molecule has 9 heteroatoms. The number of methoxy groups -OCH3 is 1. The van der Waals surface area contributed by atoms with Crippen LogP contribution in [0.25, 0.3) is 11.1 Å². The number of amides is 1. The largest absolute Gasteiger partial charge is 0.496 e. The van der Waals surface area contributed by atoms with Crippen molar-refractivity contribution in [2.24, 2.45) is 34.8 Å². The van der Waals surface area contributed by atoms with Crippen molar-refractivity contribution in [3.63, 3.8) is 0 Å². The summed E-state index contributed by atoms with van der Waals surface area (Å²) >= 11 is 0. The summed E-state index contributed by atoms with van der Waals surface area (Å²) in [5, 5.41) is 19.3. The first kappa shape index (κ1) is 35.2. The number of aliphatic hydroxyl groups is 1. The molecule has 8 atom stereocenters. The van der Waals surface area contributed by atoms with Crippen molar-refractivity contribution in [2.45, 2.75) is 85.3 Å². The van der Waals surface area contributed by atoms with E-state index in [2.05, 4.69) is 74.4 Å². The van der Waals surface area contributed by atoms with Crippen molar-refractivity contribution in [3.05, 3.63) is 47.5 Å². The maximum atomic E-state index is 14.2. The molecular weight excluding hydrogens is 566 g/mol. The lowest BCUT2D eigenvalue weighted by atomic mass is 9.58. The van der Waals surface area contributed by atoms with Crippen LogP contribution in [0.5, 0.6) is 5.75 Å². The molecule has 2 aromatic carbocycles. The first-order chi connectivity index (χ1) is 21.2. The van der Waals surface area contributed by atoms with Crippen molar-refractivity contribution in [2.75, 3.05) is 39.7 Å². The monoisotopic (exact) mass is 623 g/mol. The zero-order chi connectivity index (χ0) is 33.2. The number of hydroxylamine groups is 2. The standard InChI is InChI=1S/C36H57N5O4/c1-21-14-30(22(2)23(3)36(21,5)6)39-35(43)33-32(24(4)42)31(18-37)45-41(33)20-26-12-11-13-29(34(26)44-10)27-15-25(19-38-7)16-28(17-27)40(8)9/h11-13,15-17,21-24,30-33,38,42H,14,18-20,37H2,1-10H3,(H,39,43)/t21-,22+,23+,24+,30+,31+,32-,33+/m1/s1. The molecular formula is C36H57N5O4. The van der Waals surface area contributed by atoms with Gasteiger partial charge in [-0.1, -0.05) is 52.8 Å². The molecule has 2 aliphatic rings. The predicted molar refractivity (Wildman–Crippen MR) is 182 cm³/mol. The number of hydrogen-bond acceptors (Lipinski definition) is 8. The third kappa shape index (κ3) is 7.18. The fourth-order valence-corrected chi connectivity index (χ4v) is 7.49. The van der Waals surface area contributed by atoms with Crippen LogP contribution in [0.15, 0.2) is 36.4 Å². The minimum atomic E-state index is -0.785. The number of aliphatic hydroxyl groups excluding tert-OH is 1. The number of carbonyl (C=O) groups excluding carboxylic acids is 1. The van der Waals surface area contributed by atoms with E-state index in [0.717, 1.165) is 41.1 Å². The van der Waals surface area contributed by atoms with E-state index in [1.807, 2.05) is 33.3 Å². The van der Waals surface area contributed by atoms with E-state index >= 15 is 0 Å². The molecule has 9 nitrogen and oxygen atoms in total. The molecule has 45 heavy (non-hydrogen) atoms. The van der Waals surface area contributed by atoms with Crippen LogP contribution >= 0.6 is 0 Å². The summed E-state index contributed by atoms with van der Waals surface area (Å²) in [5.41, 5.74) is 11.5. The van der Waals surface area contributed by atoms with Crippen LogP contribution in [0, 0.1) is 29.1 Å². The van der Waals surface area contributed by atoms with Gasteiger partial charge in [-0.2, -0.15) is 5.06 Å². The number of hydrogen-bond donors (Lipinski definition) is 4. The summed E-state index contributed by atoms with van der Waals surface area (Å²) in [7, 11) is 7.69. The number of nitrogens with one attached hydrogen (secondary N) is 2. The third-order valence-electron chi connectivity index (χ3n) is 11.0. The zero-order valence-corrected chi connectivity index (χ0v) is 29.1. The van der Waals surface area contributed by atoms with Gasteiger partial charge in [0.25, 0.3) is 0 Å².